The van der Waals surface area contributed by atoms with Crippen LogP contribution in [0, 0.1) is 5.41 Å². The number of carboxylic acids is 1. The van der Waals surface area contributed by atoms with Gasteiger partial charge in [0.25, 0.3) is 0 Å². The van der Waals surface area contributed by atoms with E-state index in [0.29, 0.717) is 13.0 Å². The lowest BCUT2D eigenvalue weighted by molar-refractivity contribution is -0.149. The SMILES string of the molecule is CCC(C)(Cn1nnnc1C1CCCOC1)C(=O)O. The number of carboxylic acid groups (broad SMARTS) is 1. The minimum absolute atomic E-state index is 0.165. The molecule has 1 saturated heterocycles. The summed E-state index contributed by atoms with van der Waals surface area (Å²) in [5.74, 6) is 0.0793. The molecule has 1 aromatic heterocycles. The van der Waals surface area contributed by atoms with E-state index in [1.54, 1.807) is 11.6 Å². The third kappa shape index (κ3) is 2.91. The number of ether oxygens (including phenoxy) is 1. The van der Waals surface area contributed by atoms with Crippen molar-refractivity contribution in [3.05, 3.63) is 5.82 Å². The van der Waals surface area contributed by atoms with Crippen LogP contribution in [0.1, 0.15) is 44.9 Å². The molecule has 0 radical (unpaired) electrons. The topological polar surface area (TPSA) is 90.1 Å². The Hall–Kier alpha value is -1.50. The molecular formula is C12H20N4O3. The Labute approximate surface area is 111 Å². The summed E-state index contributed by atoms with van der Waals surface area (Å²) < 4.78 is 7.06. The molecule has 2 heterocycles. The fourth-order valence-corrected chi connectivity index (χ4v) is 2.22. The zero-order valence-electron chi connectivity index (χ0n) is 11.4. The molecule has 2 atom stereocenters. The maximum atomic E-state index is 11.4. The van der Waals surface area contributed by atoms with E-state index in [1.807, 2.05) is 6.92 Å². The number of aromatic nitrogens is 4. The summed E-state index contributed by atoms with van der Waals surface area (Å²) in [4.78, 5) is 11.4. The first-order valence-electron chi connectivity index (χ1n) is 6.64. The second kappa shape index (κ2) is 5.64. The summed E-state index contributed by atoms with van der Waals surface area (Å²) in [5, 5.41) is 21.0. The van der Waals surface area contributed by atoms with Gasteiger partial charge in [-0.25, -0.2) is 4.68 Å². The summed E-state index contributed by atoms with van der Waals surface area (Å²) >= 11 is 0. The summed E-state index contributed by atoms with van der Waals surface area (Å²) in [6, 6.07) is 0. The standard InChI is InChI=1S/C12H20N4O3/c1-3-12(2,11(17)18)8-16-10(13-14-15-16)9-5-4-6-19-7-9/h9H,3-8H2,1-2H3,(H,17,18). The van der Waals surface area contributed by atoms with Crippen molar-refractivity contribution in [3.63, 3.8) is 0 Å². The number of nitrogens with zero attached hydrogens (tertiary/aromatic N) is 4. The van der Waals surface area contributed by atoms with E-state index in [4.69, 9.17) is 4.74 Å². The third-order valence-corrected chi connectivity index (χ3v) is 3.88. The van der Waals surface area contributed by atoms with Crippen molar-refractivity contribution in [2.24, 2.45) is 5.41 Å². The number of hydrogen-bond acceptors (Lipinski definition) is 5. The Bertz CT molecular complexity index is 442. The van der Waals surface area contributed by atoms with Gasteiger partial charge in [-0.15, -0.1) is 5.10 Å². The second-order valence-corrected chi connectivity index (χ2v) is 5.33. The lowest BCUT2D eigenvalue weighted by Gasteiger charge is -2.25. The Balaban J connectivity index is 2.17. The second-order valence-electron chi connectivity index (χ2n) is 5.33. The van der Waals surface area contributed by atoms with Crippen molar-refractivity contribution in [3.8, 4) is 0 Å². The van der Waals surface area contributed by atoms with Crippen LogP contribution in [-0.4, -0.2) is 44.5 Å². The van der Waals surface area contributed by atoms with Gasteiger partial charge in [0.1, 0.15) is 0 Å². The average molecular weight is 268 g/mol. The fraction of sp³-hybridized carbons (Fsp3) is 0.833. The molecule has 0 bridgehead atoms. The molecule has 7 heteroatoms. The van der Waals surface area contributed by atoms with Gasteiger partial charge in [0.05, 0.1) is 18.6 Å². The Kier molecular flexibility index (Phi) is 4.14. The van der Waals surface area contributed by atoms with Crippen molar-refractivity contribution in [2.75, 3.05) is 13.2 Å². The highest BCUT2D eigenvalue weighted by Gasteiger charge is 2.34. The number of hydrogen-bond donors (Lipinski definition) is 1. The van der Waals surface area contributed by atoms with Crippen LogP contribution >= 0.6 is 0 Å². The molecule has 7 nitrogen and oxygen atoms in total. The Morgan fingerprint density at radius 2 is 2.42 bits per heavy atom. The molecule has 2 rings (SSSR count). The zero-order chi connectivity index (χ0) is 13.9. The molecule has 1 aliphatic heterocycles. The van der Waals surface area contributed by atoms with Gasteiger partial charge in [0.2, 0.25) is 0 Å². The van der Waals surface area contributed by atoms with E-state index in [0.717, 1.165) is 25.3 Å². The van der Waals surface area contributed by atoms with E-state index in [1.165, 1.54) is 0 Å². The van der Waals surface area contributed by atoms with Gasteiger partial charge in [0, 0.05) is 12.5 Å². The molecule has 106 valence electrons. The number of aliphatic carboxylic acids is 1. The quantitative estimate of drug-likeness (QED) is 0.859. The van der Waals surface area contributed by atoms with Gasteiger partial charge >= 0.3 is 5.97 Å². The maximum Gasteiger partial charge on any atom is 0.311 e. The van der Waals surface area contributed by atoms with Gasteiger partial charge in [-0.1, -0.05) is 6.92 Å². The highest BCUT2D eigenvalue weighted by molar-refractivity contribution is 5.73. The smallest absolute Gasteiger partial charge is 0.311 e. The predicted octanol–water partition coefficient (Wildman–Crippen LogP) is 1.07. The van der Waals surface area contributed by atoms with Crippen LogP contribution in [0.5, 0.6) is 0 Å². The van der Waals surface area contributed by atoms with Crippen molar-refractivity contribution in [1.29, 1.82) is 0 Å². The van der Waals surface area contributed by atoms with Crippen LogP contribution in [0.3, 0.4) is 0 Å². The lowest BCUT2D eigenvalue weighted by Crippen LogP contribution is -2.33. The Morgan fingerprint density at radius 1 is 1.63 bits per heavy atom. The molecule has 1 fully saturated rings. The minimum Gasteiger partial charge on any atom is -0.481 e. The molecule has 19 heavy (non-hydrogen) atoms. The van der Waals surface area contributed by atoms with Crippen molar-refractivity contribution in [2.45, 2.75) is 45.6 Å². The average Bonchev–Trinajstić information content (AvgIpc) is 2.87. The maximum absolute atomic E-state index is 11.4. The van der Waals surface area contributed by atoms with E-state index in [9.17, 15) is 9.90 Å². The van der Waals surface area contributed by atoms with Gasteiger partial charge in [-0.2, -0.15) is 0 Å². The molecule has 1 aromatic rings. The lowest BCUT2D eigenvalue weighted by atomic mass is 9.87. The third-order valence-electron chi connectivity index (χ3n) is 3.88. The number of rotatable bonds is 5. The summed E-state index contributed by atoms with van der Waals surface area (Å²) in [6.45, 7) is 5.26. The molecule has 1 aliphatic rings. The number of carbonyl (C=O) groups is 1. The van der Waals surface area contributed by atoms with Crippen molar-refractivity contribution in [1.82, 2.24) is 20.2 Å². The minimum atomic E-state index is -0.848. The van der Waals surface area contributed by atoms with Gasteiger partial charge in [-0.3, -0.25) is 4.79 Å². The normalized spacial score (nSPS) is 22.9. The molecule has 0 spiro atoms. The molecule has 1 N–H and O–H groups in total. The van der Waals surface area contributed by atoms with E-state index in [2.05, 4.69) is 15.5 Å². The van der Waals surface area contributed by atoms with Crippen molar-refractivity contribution < 1.29 is 14.6 Å². The van der Waals surface area contributed by atoms with Crippen LogP contribution < -0.4 is 0 Å². The van der Waals surface area contributed by atoms with E-state index < -0.39 is 11.4 Å². The molecule has 0 amide bonds. The highest BCUT2D eigenvalue weighted by atomic mass is 16.5. The summed E-state index contributed by atoms with van der Waals surface area (Å²) in [6.07, 6.45) is 2.50. The molecule has 2 unspecified atom stereocenters. The Morgan fingerprint density at radius 3 is 3.00 bits per heavy atom. The fourth-order valence-electron chi connectivity index (χ4n) is 2.22. The van der Waals surface area contributed by atoms with E-state index >= 15 is 0 Å². The van der Waals surface area contributed by atoms with Crippen LogP contribution in [0.15, 0.2) is 0 Å². The molecule has 0 aliphatic carbocycles. The van der Waals surface area contributed by atoms with Gasteiger partial charge in [0.15, 0.2) is 5.82 Å². The summed E-state index contributed by atoms with van der Waals surface area (Å²) in [7, 11) is 0. The van der Waals surface area contributed by atoms with E-state index in [-0.39, 0.29) is 12.5 Å². The van der Waals surface area contributed by atoms with Crippen molar-refractivity contribution >= 4 is 5.97 Å². The monoisotopic (exact) mass is 268 g/mol. The summed E-state index contributed by atoms with van der Waals surface area (Å²) in [5.41, 5.74) is -0.848. The molecule has 0 aromatic carbocycles. The first kappa shape index (κ1) is 13.9. The molecular weight excluding hydrogens is 248 g/mol. The molecule has 0 saturated carbocycles. The number of tetrazole rings is 1. The van der Waals surface area contributed by atoms with Crippen LogP contribution in [-0.2, 0) is 16.1 Å². The van der Waals surface area contributed by atoms with Crippen LogP contribution in [0.25, 0.3) is 0 Å². The first-order chi connectivity index (χ1) is 9.07. The van der Waals surface area contributed by atoms with Crippen LogP contribution in [0.4, 0.5) is 0 Å². The van der Waals surface area contributed by atoms with Crippen LogP contribution in [0.2, 0.25) is 0 Å². The zero-order valence-corrected chi connectivity index (χ0v) is 11.4. The largest absolute Gasteiger partial charge is 0.481 e. The first-order valence-corrected chi connectivity index (χ1v) is 6.64. The van der Waals surface area contributed by atoms with Gasteiger partial charge in [-0.05, 0) is 36.6 Å². The van der Waals surface area contributed by atoms with Gasteiger partial charge < -0.3 is 9.84 Å². The highest BCUT2D eigenvalue weighted by Crippen LogP contribution is 2.27. The predicted molar refractivity (Wildman–Crippen MR) is 66.6 cm³/mol.